The van der Waals surface area contributed by atoms with Crippen molar-refractivity contribution >= 4 is 34.9 Å². The Kier molecular flexibility index (Phi) is 7.78. The first-order valence-corrected chi connectivity index (χ1v) is 7.72. The van der Waals surface area contributed by atoms with Crippen LogP contribution < -0.4 is 5.32 Å². The van der Waals surface area contributed by atoms with E-state index in [0.717, 1.165) is 24.9 Å². The molecule has 0 radical (unpaired) electrons. The van der Waals surface area contributed by atoms with Gasteiger partial charge in [0.15, 0.2) is 0 Å². The standard InChI is InChI=1S/C15H21Cl2NO2/c1-3-5-9-20-15(19)14(6-4-2)18-11-7-8-12(16)13(17)10-11/h7-8,10,14,18H,3-6,9H2,1-2H3. The summed E-state index contributed by atoms with van der Waals surface area (Å²) in [6.45, 7) is 4.56. The number of unbranched alkanes of at least 4 members (excludes halogenated alkanes) is 1. The lowest BCUT2D eigenvalue weighted by molar-refractivity contribution is -0.144. The van der Waals surface area contributed by atoms with Crippen LogP contribution in [0.15, 0.2) is 18.2 Å². The summed E-state index contributed by atoms with van der Waals surface area (Å²) in [4.78, 5) is 12.0. The largest absolute Gasteiger partial charge is 0.464 e. The second-order valence-corrected chi connectivity index (χ2v) is 5.45. The molecule has 0 saturated heterocycles. The molecule has 1 rings (SSSR count). The summed E-state index contributed by atoms with van der Waals surface area (Å²) in [6, 6.07) is 4.87. The van der Waals surface area contributed by atoms with Crippen LogP contribution in [0.2, 0.25) is 10.0 Å². The van der Waals surface area contributed by atoms with Crippen molar-refractivity contribution in [1.29, 1.82) is 0 Å². The molecule has 0 bridgehead atoms. The summed E-state index contributed by atoms with van der Waals surface area (Å²) in [5, 5.41) is 4.12. The molecule has 0 aliphatic heterocycles. The number of hydrogen-bond acceptors (Lipinski definition) is 3. The van der Waals surface area contributed by atoms with Crippen molar-refractivity contribution < 1.29 is 9.53 Å². The van der Waals surface area contributed by atoms with Gasteiger partial charge in [-0.2, -0.15) is 0 Å². The number of hydrogen-bond donors (Lipinski definition) is 1. The SMILES string of the molecule is CCCCOC(=O)C(CCC)Nc1ccc(Cl)c(Cl)c1. The molecule has 20 heavy (non-hydrogen) atoms. The quantitative estimate of drug-likeness (QED) is 0.546. The van der Waals surface area contributed by atoms with Gasteiger partial charge < -0.3 is 10.1 Å². The number of anilines is 1. The molecule has 1 unspecified atom stereocenters. The van der Waals surface area contributed by atoms with Gasteiger partial charge in [-0.15, -0.1) is 0 Å². The highest BCUT2D eigenvalue weighted by molar-refractivity contribution is 6.42. The predicted molar refractivity (Wildman–Crippen MR) is 84.6 cm³/mol. The number of rotatable bonds is 8. The minimum absolute atomic E-state index is 0.216. The van der Waals surface area contributed by atoms with Crippen molar-refractivity contribution in [2.24, 2.45) is 0 Å². The fourth-order valence-corrected chi connectivity index (χ4v) is 2.04. The third-order valence-corrected chi connectivity index (χ3v) is 3.60. The van der Waals surface area contributed by atoms with E-state index < -0.39 is 0 Å². The van der Waals surface area contributed by atoms with Crippen LogP contribution in [0.5, 0.6) is 0 Å². The van der Waals surface area contributed by atoms with Gasteiger partial charge in [-0.1, -0.05) is 49.9 Å². The van der Waals surface area contributed by atoms with E-state index in [-0.39, 0.29) is 12.0 Å². The number of carbonyl (C=O) groups is 1. The van der Waals surface area contributed by atoms with Gasteiger partial charge in [-0.05, 0) is 31.0 Å². The Morgan fingerprint density at radius 3 is 2.60 bits per heavy atom. The fourth-order valence-electron chi connectivity index (χ4n) is 1.74. The van der Waals surface area contributed by atoms with Gasteiger partial charge in [0.1, 0.15) is 6.04 Å². The zero-order valence-electron chi connectivity index (χ0n) is 11.9. The molecule has 0 saturated carbocycles. The van der Waals surface area contributed by atoms with Gasteiger partial charge in [-0.25, -0.2) is 4.79 Å². The van der Waals surface area contributed by atoms with Crippen molar-refractivity contribution in [1.82, 2.24) is 0 Å². The minimum atomic E-state index is -0.353. The molecule has 112 valence electrons. The first-order chi connectivity index (χ1) is 9.58. The molecular weight excluding hydrogens is 297 g/mol. The Morgan fingerprint density at radius 1 is 1.25 bits per heavy atom. The van der Waals surface area contributed by atoms with Gasteiger partial charge >= 0.3 is 5.97 Å². The van der Waals surface area contributed by atoms with Crippen molar-refractivity contribution in [3.8, 4) is 0 Å². The van der Waals surface area contributed by atoms with Crippen molar-refractivity contribution in [3.63, 3.8) is 0 Å². The summed E-state index contributed by atoms with van der Waals surface area (Å²) in [6.07, 6.45) is 3.50. The predicted octanol–water partition coefficient (Wildman–Crippen LogP) is 4.92. The van der Waals surface area contributed by atoms with E-state index in [4.69, 9.17) is 27.9 Å². The van der Waals surface area contributed by atoms with E-state index >= 15 is 0 Å². The van der Waals surface area contributed by atoms with Crippen LogP contribution >= 0.6 is 23.2 Å². The average molecular weight is 318 g/mol. The Hall–Kier alpha value is -0.930. The maximum absolute atomic E-state index is 12.0. The van der Waals surface area contributed by atoms with Crippen LogP contribution in [0.3, 0.4) is 0 Å². The Balaban J connectivity index is 2.65. The Labute approximate surface area is 130 Å². The summed E-state index contributed by atoms with van der Waals surface area (Å²) < 4.78 is 5.26. The van der Waals surface area contributed by atoms with E-state index in [9.17, 15) is 4.79 Å². The molecule has 1 atom stereocenters. The number of nitrogens with one attached hydrogen (secondary N) is 1. The Morgan fingerprint density at radius 2 is 2.00 bits per heavy atom. The topological polar surface area (TPSA) is 38.3 Å². The van der Waals surface area contributed by atoms with Crippen LogP contribution in [0.4, 0.5) is 5.69 Å². The summed E-state index contributed by atoms with van der Waals surface area (Å²) in [5.74, 6) is -0.216. The highest BCUT2D eigenvalue weighted by atomic mass is 35.5. The minimum Gasteiger partial charge on any atom is -0.464 e. The maximum atomic E-state index is 12.0. The number of ether oxygens (including phenoxy) is 1. The molecule has 0 amide bonds. The second kappa shape index (κ2) is 9.09. The van der Waals surface area contributed by atoms with E-state index in [2.05, 4.69) is 12.2 Å². The number of halogens is 2. The van der Waals surface area contributed by atoms with Crippen LogP contribution in [0.25, 0.3) is 0 Å². The molecule has 5 heteroatoms. The van der Waals surface area contributed by atoms with Crippen molar-refractivity contribution in [2.75, 3.05) is 11.9 Å². The van der Waals surface area contributed by atoms with E-state index in [1.54, 1.807) is 18.2 Å². The average Bonchev–Trinajstić information content (AvgIpc) is 2.42. The maximum Gasteiger partial charge on any atom is 0.328 e. The number of carbonyl (C=O) groups excluding carboxylic acids is 1. The molecule has 1 aromatic carbocycles. The molecule has 1 N–H and O–H groups in total. The smallest absolute Gasteiger partial charge is 0.328 e. The summed E-state index contributed by atoms with van der Waals surface area (Å²) in [7, 11) is 0. The normalized spacial score (nSPS) is 12.0. The van der Waals surface area contributed by atoms with Gasteiger partial charge in [0.05, 0.1) is 16.7 Å². The Bertz CT molecular complexity index is 438. The van der Waals surface area contributed by atoms with Gasteiger partial charge in [0, 0.05) is 5.69 Å². The van der Waals surface area contributed by atoms with E-state index in [1.165, 1.54) is 0 Å². The van der Waals surface area contributed by atoms with Crippen LogP contribution in [0.1, 0.15) is 39.5 Å². The lowest BCUT2D eigenvalue weighted by Gasteiger charge is -2.18. The van der Waals surface area contributed by atoms with Gasteiger partial charge in [-0.3, -0.25) is 0 Å². The molecule has 3 nitrogen and oxygen atoms in total. The third-order valence-electron chi connectivity index (χ3n) is 2.86. The van der Waals surface area contributed by atoms with Crippen molar-refractivity contribution in [2.45, 2.75) is 45.6 Å². The van der Waals surface area contributed by atoms with E-state index in [1.807, 2.05) is 6.92 Å². The molecular formula is C15H21Cl2NO2. The van der Waals surface area contributed by atoms with Crippen LogP contribution in [-0.2, 0) is 9.53 Å². The molecule has 0 aliphatic rings. The lowest BCUT2D eigenvalue weighted by Crippen LogP contribution is -2.31. The molecule has 0 aliphatic carbocycles. The third kappa shape index (κ3) is 5.59. The number of benzene rings is 1. The second-order valence-electron chi connectivity index (χ2n) is 4.64. The fraction of sp³-hybridized carbons (Fsp3) is 0.533. The molecule has 0 aromatic heterocycles. The number of esters is 1. The summed E-state index contributed by atoms with van der Waals surface area (Å²) in [5.41, 5.74) is 0.769. The lowest BCUT2D eigenvalue weighted by atomic mass is 10.1. The molecule has 0 fully saturated rings. The highest BCUT2D eigenvalue weighted by Crippen LogP contribution is 2.25. The first-order valence-electron chi connectivity index (χ1n) is 6.96. The molecule has 0 spiro atoms. The molecule has 0 heterocycles. The first kappa shape index (κ1) is 17.1. The highest BCUT2D eigenvalue weighted by Gasteiger charge is 2.19. The zero-order chi connectivity index (χ0) is 15.0. The monoisotopic (exact) mass is 317 g/mol. The van der Waals surface area contributed by atoms with Crippen LogP contribution in [0, 0.1) is 0 Å². The van der Waals surface area contributed by atoms with Crippen LogP contribution in [-0.4, -0.2) is 18.6 Å². The van der Waals surface area contributed by atoms with Gasteiger partial charge in [0.25, 0.3) is 0 Å². The van der Waals surface area contributed by atoms with E-state index in [0.29, 0.717) is 23.1 Å². The van der Waals surface area contributed by atoms with Crippen molar-refractivity contribution in [3.05, 3.63) is 28.2 Å². The summed E-state index contributed by atoms with van der Waals surface area (Å²) >= 11 is 11.8. The zero-order valence-corrected chi connectivity index (χ0v) is 13.4. The van der Waals surface area contributed by atoms with Gasteiger partial charge in [0.2, 0.25) is 0 Å². The molecule has 1 aromatic rings.